The number of piperidine rings is 1. The monoisotopic (exact) mass is 589 g/mol. The van der Waals surface area contributed by atoms with Crippen LogP contribution in [0, 0.1) is 0 Å². The van der Waals surface area contributed by atoms with Gasteiger partial charge in [0, 0.05) is 25.7 Å². The fraction of sp³-hybridized carbons (Fsp3) is 0.593. The molecule has 0 aromatic heterocycles. The summed E-state index contributed by atoms with van der Waals surface area (Å²) in [6.45, 7) is 9.37. The van der Waals surface area contributed by atoms with Crippen LogP contribution in [0.3, 0.4) is 0 Å². The number of hydrogen-bond acceptors (Lipinski definition) is 11. The minimum atomic E-state index is -1.04. The summed E-state index contributed by atoms with van der Waals surface area (Å²) < 4.78 is 16.1. The van der Waals surface area contributed by atoms with E-state index in [1.807, 2.05) is 0 Å². The van der Waals surface area contributed by atoms with Crippen molar-refractivity contribution in [1.29, 1.82) is 0 Å². The number of ether oxygens (including phenoxy) is 3. The van der Waals surface area contributed by atoms with Crippen LogP contribution in [0.25, 0.3) is 0 Å². The van der Waals surface area contributed by atoms with E-state index in [4.69, 9.17) is 14.2 Å². The predicted molar refractivity (Wildman–Crippen MR) is 150 cm³/mol. The molecule has 2 aliphatic rings. The van der Waals surface area contributed by atoms with Gasteiger partial charge in [0.2, 0.25) is 11.8 Å². The van der Waals surface area contributed by atoms with Crippen molar-refractivity contribution in [2.45, 2.75) is 58.3 Å². The van der Waals surface area contributed by atoms with Gasteiger partial charge in [0.25, 0.3) is 11.8 Å². The number of likely N-dealkylation sites (N-methyl/N-ethyl adjacent to an activating group) is 1. The van der Waals surface area contributed by atoms with E-state index in [-0.39, 0.29) is 24.0 Å². The number of carbonyl (C=O) groups is 5. The Bertz CT molecular complexity index is 1200. The fourth-order valence-corrected chi connectivity index (χ4v) is 4.16. The molecule has 2 unspecified atom stereocenters. The van der Waals surface area contributed by atoms with E-state index >= 15 is 0 Å². The van der Waals surface area contributed by atoms with Gasteiger partial charge in [-0.1, -0.05) is 11.3 Å². The molecule has 0 radical (unpaired) electrons. The molecule has 1 aromatic rings. The molecule has 0 aliphatic carbocycles. The number of fused-ring (bicyclic) bond motifs is 1. The first-order valence-corrected chi connectivity index (χ1v) is 13.7. The Balaban J connectivity index is 1.37. The molecule has 1 fully saturated rings. The summed E-state index contributed by atoms with van der Waals surface area (Å²) in [6.07, 6.45) is -0.903. The van der Waals surface area contributed by atoms with Gasteiger partial charge in [0.05, 0.1) is 44.1 Å². The number of anilines is 1. The Morgan fingerprint density at radius 3 is 2.52 bits per heavy atom. The topological polar surface area (TPSA) is 180 Å². The molecule has 1 saturated heterocycles. The lowest BCUT2D eigenvalue weighted by atomic mass is 10.0. The second-order valence-corrected chi connectivity index (χ2v) is 10.7. The van der Waals surface area contributed by atoms with Gasteiger partial charge in [-0.3, -0.25) is 34.4 Å². The van der Waals surface area contributed by atoms with E-state index in [0.717, 1.165) is 4.90 Å². The third kappa shape index (κ3) is 9.21. The second kappa shape index (κ2) is 14.7. The maximum absolute atomic E-state index is 13.2. The summed E-state index contributed by atoms with van der Waals surface area (Å²) in [5, 5.41) is 17.8. The highest BCUT2D eigenvalue weighted by Gasteiger charge is 2.45. The smallest absolute Gasteiger partial charge is 0.407 e. The average Bonchev–Trinajstić information content (AvgIpc) is 3.16. The van der Waals surface area contributed by atoms with Gasteiger partial charge in [-0.15, -0.1) is 5.11 Å². The van der Waals surface area contributed by atoms with E-state index in [9.17, 15) is 24.0 Å². The number of benzene rings is 1. The first-order valence-electron chi connectivity index (χ1n) is 13.7. The molecule has 15 heteroatoms. The zero-order valence-corrected chi connectivity index (χ0v) is 24.6. The number of carbonyl (C=O) groups excluding carboxylic acids is 5. The molecular weight excluding hydrogens is 550 g/mol. The summed E-state index contributed by atoms with van der Waals surface area (Å²) in [6, 6.07) is 3.77. The molecule has 42 heavy (non-hydrogen) atoms. The maximum atomic E-state index is 13.2. The third-order valence-corrected chi connectivity index (χ3v) is 6.06. The number of imide groups is 2. The minimum Gasteiger partial charge on any atom is -0.444 e. The highest BCUT2D eigenvalue weighted by molar-refractivity contribution is 6.25. The van der Waals surface area contributed by atoms with Crippen molar-refractivity contribution < 1.29 is 38.2 Å². The summed E-state index contributed by atoms with van der Waals surface area (Å²) in [7, 11) is 1.73. The molecule has 0 spiro atoms. The van der Waals surface area contributed by atoms with Crippen molar-refractivity contribution in [3.8, 4) is 0 Å². The van der Waals surface area contributed by atoms with E-state index in [1.165, 1.54) is 6.07 Å². The van der Waals surface area contributed by atoms with Crippen LogP contribution >= 0.6 is 0 Å². The van der Waals surface area contributed by atoms with Crippen molar-refractivity contribution in [1.82, 2.24) is 20.5 Å². The normalized spacial score (nSPS) is 17.7. The van der Waals surface area contributed by atoms with Gasteiger partial charge in [-0.2, -0.15) is 0 Å². The minimum absolute atomic E-state index is 0.0494. The Hall–Kier alpha value is -4.11. The van der Waals surface area contributed by atoms with E-state index in [2.05, 4.69) is 26.3 Å². The lowest BCUT2D eigenvalue weighted by Gasteiger charge is -2.27. The first-order chi connectivity index (χ1) is 19.9. The van der Waals surface area contributed by atoms with Crippen LogP contribution in [0.2, 0.25) is 0 Å². The Labute approximate surface area is 244 Å². The van der Waals surface area contributed by atoms with Crippen LogP contribution < -0.4 is 16.0 Å². The molecule has 1 aromatic carbocycles. The van der Waals surface area contributed by atoms with Crippen LogP contribution in [0.15, 0.2) is 28.5 Å². The van der Waals surface area contributed by atoms with Crippen molar-refractivity contribution in [3.63, 3.8) is 0 Å². The van der Waals surface area contributed by atoms with Crippen LogP contribution in [0.5, 0.6) is 0 Å². The highest BCUT2D eigenvalue weighted by Crippen LogP contribution is 2.32. The maximum Gasteiger partial charge on any atom is 0.407 e. The summed E-state index contributed by atoms with van der Waals surface area (Å²) in [4.78, 5) is 62.5. The first kappa shape index (κ1) is 32.4. The standard InChI is InChI=1S/C27H39N7O8/c1-17(31-32-33(5)12-14-41-16-15-40-13-11-28-26(39)42-27(2,3)4)29-19-8-6-7-18-22(19)25(38)34(24(18)37)20-9-10-21(35)30-23(20)36/h6-8,17,20,29H,9-16H2,1-5H3,(H,28,39)(H,30,35,36)/b32-31-. The quantitative estimate of drug-likeness (QED) is 0.125. The van der Waals surface area contributed by atoms with Gasteiger partial charge < -0.3 is 24.8 Å². The van der Waals surface area contributed by atoms with Gasteiger partial charge >= 0.3 is 6.09 Å². The van der Waals surface area contributed by atoms with Crippen molar-refractivity contribution in [3.05, 3.63) is 29.3 Å². The Morgan fingerprint density at radius 1 is 1.12 bits per heavy atom. The van der Waals surface area contributed by atoms with E-state index in [0.29, 0.717) is 45.2 Å². The second-order valence-electron chi connectivity index (χ2n) is 10.7. The van der Waals surface area contributed by atoms with Gasteiger partial charge in [0.15, 0.2) is 0 Å². The molecule has 5 amide bonds. The summed E-state index contributed by atoms with van der Waals surface area (Å²) in [5.41, 5.74) is 0.169. The molecule has 0 saturated carbocycles. The van der Waals surface area contributed by atoms with Crippen molar-refractivity contribution in [2.24, 2.45) is 10.3 Å². The van der Waals surface area contributed by atoms with Gasteiger partial charge in [-0.05, 0) is 46.2 Å². The van der Waals surface area contributed by atoms with E-state index < -0.39 is 47.5 Å². The molecule has 15 nitrogen and oxygen atoms in total. The number of amides is 5. The molecule has 2 heterocycles. The number of rotatable bonds is 14. The molecule has 0 bridgehead atoms. The Kier molecular flexibility index (Phi) is 11.3. The van der Waals surface area contributed by atoms with Gasteiger partial charge in [-0.25, -0.2) is 4.79 Å². The molecular formula is C27H39N7O8. The largest absolute Gasteiger partial charge is 0.444 e. The number of hydrogen-bond donors (Lipinski definition) is 3. The lowest BCUT2D eigenvalue weighted by Crippen LogP contribution is -2.54. The number of nitrogens with one attached hydrogen (secondary N) is 3. The van der Waals surface area contributed by atoms with Crippen LogP contribution in [0.4, 0.5) is 10.5 Å². The van der Waals surface area contributed by atoms with Crippen LogP contribution in [-0.2, 0) is 23.8 Å². The fourth-order valence-electron chi connectivity index (χ4n) is 4.16. The van der Waals surface area contributed by atoms with Gasteiger partial charge in [0.1, 0.15) is 17.8 Å². The zero-order chi connectivity index (χ0) is 30.9. The van der Waals surface area contributed by atoms with Crippen LogP contribution in [0.1, 0.15) is 61.3 Å². The molecule has 230 valence electrons. The average molecular weight is 590 g/mol. The van der Waals surface area contributed by atoms with E-state index in [1.54, 1.807) is 51.9 Å². The van der Waals surface area contributed by atoms with Crippen molar-refractivity contribution >= 4 is 35.4 Å². The zero-order valence-electron chi connectivity index (χ0n) is 24.6. The summed E-state index contributed by atoms with van der Waals surface area (Å²) >= 11 is 0. The van der Waals surface area contributed by atoms with Crippen molar-refractivity contribution in [2.75, 3.05) is 51.9 Å². The molecule has 3 N–H and O–H groups in total. The Morgan fingerprint density at radius 2 is 1.83 bits per heavy atom. The SMILES string of the molecule is CC(/N=N\N(C)CCOCCOCCNC(=O)OC(C)(C)C)Nc1cccc2c1C(=O)N(C1CCC(=O)NC1=O)C2=O. The summed E-state index contributed by atoms with van der Waals surface area (Å²) in [5.74, 6) is -2.27. The number of nitrogens with zero attached hydrogens (tertiary/aromatic N) is 4. The van der Waals surface area contributed by atoms with Crippen LogP contribution in [-0.4, -0.2) is 104 Å². The predicted octanol–water partition coefficient (Wildman–Crippen LogP) is 1.70. The highest BCUT2D eigenvalue weighted by atomic mass is 16.6. The molecule has 2 aliphatic heterocycles. The lowest BCUT2D eigenvalue weighted by molar-refractivity contribution is -0.136. The third-order valence-electron chi connectivity index (χ3n) is 6.06. The molecule has 3 rings (SSSR count). The molecule has 2 atom stereocenters. The number of alkyl carbamates (subject to hydrolysis) is 1.